The third kappa shape index (κ3) is 1.58. The fraction of sp³-hybridized carbons (Fsp3) is 0.333. The van der Waals surface area contributed by atoms with Crippen molar-refractivity contribution in [2.24, 2.45) is 5.92 Å². The summed E-state index contributed by atoms with van der Waals surface area (Å²) < 4.78 is 0. The van der Waals surface area contributed by atoms with Crippen molar-refractivity contribution in [3.8, 4) is 0 Å². The van der Waals surface area contributed by atoms with Gasteiger partial charge in [0.2, 0.25) is 11.8 Å². The van der Waals surface area contributed by atoms with Crippen LogP contribution in [0.4, 0.5) is 5.69 Å². The van der Waals surface area contributed by atoms with Crippen molar-refractivity contribution >= 4 is 40.9 Å². The predicted molar refractivity (Wildman–Crippen MR) is 69.7 cm³/mol. The lowest BCUT2D eigenvalue weighted by molar-refractivity contribution is -0.123. The minimum absolute atomic E-state index is 0.278. The number of aliphatic hydroxyl groups excluding tert-OH is 1. The van der Waals surface area contributed by atoms with Crippen molar-refractivity contribution < 1.29 is 14.7 Å². The number of carbonyl (C=O) groups is 2. The average Bonchev–Trinajstić information content (AvgIpc) is 2.83. The van der Waals surface area contributed by atoms with Gasteiger partial charge in [-0.3, -0.25) is 9.59 Å². The molecule has 2 aliphatic heterocycles. The lowest BCUT2D eigenvalue weighted by atomic mass is 10.0. The van der Waals surface area contributed by atoms with Crippen LogP contribution in [0.2, 0.25) is 5.02 Å². The standard InChI is InChI=1S/C12H10ClNO3S/c13-6-3-1-2-4-7(6)14-11(16)9-8(15)5-18-10(9)12(14)17/h1-4,8-10,15H,5H2/t8-,9-,10+/m1/s1. The molecule has 3 atom stereocenters. The molecule has 0 bridgehead atoms. The summed E-state index contributed by atoms with van der Waals surface area (Å²) in [6.45, 7) is 0. The molecule has 2 fully saturated rings. The Bertz CT molecular complexity index is 536. The normalized spacial score (nSPS) is 31.0. The van der Waals surface area contributed by atoms with Crippen LogP contribution in [0, 0.1) is 5.92 Å². The number of para-hydroxylation sites is 1. The van der Waals surface area contributed by atoms with Crippen molar-refractivity contribution in [3.63, 3.8) is 0 Å². The quantitative estimate of drug-likeness (QED) is 0.790. The number of carbonyl (C=O) groups excluding carboxylic acids is 2. The van der Waals surface area contributed by atoms with Crippen LogP contribution in [-0.2, 0) is 9.59 Å². The van der Waals surface area contributed by atoms with Crippen LogP contribution in [-0.4, -0.2) is 34.0 Å². The lowest BCUT2D eigenvalue weighted by Gasteiger charge is -2.17. The average molecular weight is 284 g/mol. The zero-order valence-electron chi connectivity index (χ0n) is 9.25. The van der Waals surface area contributed by atoms with Gasteiger partial charge in [-0.2, -0.15) is 0 Å². The molecule has 2 amide bonds. The van der Waals surface area contributed by atoms with Crippen molar-refractivity contribution in [1.29, 1.82) is 0 Å². The van der Waals surface area contributed by atoms with E-state index in [2.05, 4.69) is 0 Å². The fourth-order valence-electron chi connectivity index (χ4n) is 2.39. The third-order valence-corrected chi connectivity index (χ3v) is 4.96. The van der Waals surface area contributed by atoms with Crippen LogP contribution in [0.25, 0.3) is 0 Å². The predicted octanol–water partition coefficient (Wildman–Crippen LogP) is 1.31. The number of fused-ring (bicyclic) bond motifs is 1. The summed E-state index contributed by atoms with van der Waals surface area (Å²) >= 11 is 7.34. The first-order chi connectivity index (χ1) is 8.61. The summed E-state index contributed by atoms with van der Waals surface area (Å²) in [5.74, 6) is -0.822. The molecule has 2 heterocycles. The number of halogens is 1. The molecule has 0 unspecified atom stereocenters. The Hall–Kier alpha value is -1.04. The molecular weight excluding hydrogens is 274 g/mol. The Morgan fingerprint density at radius 2 is 2.00 bits per heavy atom. The molecule has 3 rings (SSSR count). The first kappa shape index (κ1) is 12.0. The zero-order valence-corrected chi connectivity index (χ0v) is 10.8. The number of hydrogen-bond acceptors (Lipinski definition) is 4. The van der Waals surface area contributed by atoms with Crippen LogP contribution >= 0.6 is 23.4 Å². The van der Waals surface area contributed by atoms with E-state index in [1.165, 1.54) is 11.8 Å². The van der Waals surface area contributed by atoms with E-state index in [9.17, 15) is 14.7 Å². The van der Waals surface area contributed by atoms with Crippen LogP contribution in [0.5, 0.6) is 0 Å². The molecule has 0 spiro atoms. The van der Waals surface area contributed by atoms with Crippen LogP contribution < -0.4 is 4.90 Å². The molecule has 4 nitrogen and oxygen atoms in total. The summed E-state index contributed by atoms with van der Waals surface area (Å²) in [6.07, 6.45) is -0.746. The van der Waals surface area contributed by atoms with Crippen molar-refractivity contribution in [2.45, 2.75) is 11.4 Å². The highest BCUT2D eigenvalue weighted by molar-refractivity contribution is 8.01. The molecule has 1 aromatic rings. The van der Waals surface area contributed by atoms with Gasteiger partial charge >= 0.3 is 0 Å². The van der Waals surface area contributed by atoms with Crippen molar-refractivity contribution in [1.82, 2.24) is 0 Å². The number of benzene rings is 1. The Balaban J connectivity index is 2.03. The van der Waals surface area contributed by atoms with E-state index < -0.39 is 17.3 Å². The van der Waals surface area contributed by atoms with Crippen LogP contribution in [0.1, 0.15) is 0 Å². The first-order valence-corrected chi connectivity index (χ1v) is 6.96. The fourth-order valence-corrected chi connectivity index (χ4v) is 3.97. The Morgan fingerprint density at radius 1 is 1.28 bits per heavy atom. The number of hydrogen-bond donors (Lipinski definition) is 1. The molecule has 1 aromatic carbocycles. The smallest absolute Gasteiger partial charge is 0.247 e. The zero-order chi connectivity index (χ0) is 12.9. The van der Waals surface area contributed by atoms with Gasteiger partial charge in [0.15, 0.2) is 0 Å². The Labute approximate surface area is 113 Å². The van der Waals surface area contributed by atoms with E-state index in [0.717, 1.165) is 4.90 Å². The number of rotatable bonds is 1. The van der Waals surface area contributed by atoms with Gasteiger partial charge in [-0.25, -0.2) is 4.90 Å². The summed E-state index contributed by atoms with van der Waals surface area (Å²) in [4.78, 5) is 25.5. The molecule has 0 saturated carbocycles. The highest BCUT2D eigenvalue weighted by Crippen LogP contribution is 2.42. The molecule has 94 valence electrons. The molecular formula is C12H10ClNO3S. The number of thioether (sulfide) groups is 1. The third-order valence-electron chi connectivity index (χ3n) is 3.25. The SMILES string of the molecule is O=C1[C@@H]2[C@H](O)CS[C@@H]2C(=O)N1c1ccccc1Cl. The highest BCUT2D eigenvalue weighted by atomic mass is 35.5. The molecule has 0 aliphatic carbocycles. The van der Waals surface area contributed by atoms with Crippen molar-refractivity contribution in [2.75, 3.05) is 10.7 Å². The maximum Gasteiger partial charge on any atom is 0.247 e. The van der Waals surface area contributed by atoms with Gasteiger partial charge in [-0.05, 0) is 12.1 Å². The van der Waals surface area contributed by atoms with Gasteiger partial charge in [-0.1, -0.05) is 23.7 Å². The van der Waals surface area contributed by atoms with Crippen molar-refractivity contribution in [3.05, 3.63) is 29.3 Å². The Kier molecular flexibility index (Phi) is 2.84. The summed E-state index contributed by atoms with van der Waals surface area (Å²) in [6, 6.07) is 6.73. The molecule has 18 heavy (non-hydrogen) atoms. The van der Waals surface area contributed by atoms with E-state index >= 15 is 0 Å². The molecule has 2 saturated heterocycles. The van der Waals surface area contributed by atoms with Gasteiger partial charge < -0.3 is 5.11 Å². The summed E-state index contributed by atoms with van der Waals surface area (Å²) in [7, 11) is 0. The molecule has 1 N–H and O–H groups in total. The molecule has 2 aliphatic rings. The monoisotopic (exact) mass is 283 g/mol. The minimum atomic E-state index is -0.746. The number of nitrogens with zero attached hydrogens (tertiary/aromatic N) is 1. The second-order valence-corrected chi connectivity index (χ2v) is 5.89. The maximum absolute atomic E-state index is 12.2. The second kappa shape index (κ2) is 4.26. The number of aliphatic hydroxyl groups is 1. The first-order valence-electron chi connectivity index (χ1n) is 5.53. The summed E-state index contributed by atoms with van der Waals surface area (Å²) in [5, 5.41) is 9.66. The van der Waals surface area contributed by atoms with Gasteiger partial charge in [0.05, 0.1) is 28.0 Å². The van der Waals surface area contributed by atoms with Crippen LogP contribution in [0.3, 0.4) is 0 Å². The largest absolute Gasteiger partial charge is 0.391 e. The van der Waals surface area contributed by atoms with E-state index in [0.29, 0.717) is 16.5 Å². The highest BCUT2D eigenvalue weighted by Gasteiger charge is 2.55. The summed E-state index contributed by atoms with van der Waals surface area (Å²) in [5.41, 5.74) is 0.399. The Morgan fingerprint density at radius 3 is 2.67 bits per heavy atom. The molecule has 6 heteroatoms. The minimum Gasteiger partial charge on any atom is -0.391 e. The molecule has 0 radical (unpaired) electrons. The van der Waals surface area contributed by atoms with E-state index in [1.54, 1.807) is 24.3 Å². The van der Waals surface area contributed by atoms with Gasteiger partial charge in [0, 0.05) is 5.75 Å². The topological polar surface area (TPSA) is 57.6 Å². The van der Waals surface area contributed by atoms with Gasteiger partial charge in [-0.15, -0.1) is 11.8 Å². The van der Waals surface area contributed by atoms with Crippen LogP contribution in [0.15, 0.2) is 24.3 Å². The second-order valence-electron chi connectivity index (χ2n) is 4.31. The van der Waals surface area contributed by atoms with Gasteiger partial charge in [0.1, 0.15) is 0 Å². The van der Waals surface area contributed by atoms with E-state index in [1.807, 2.05) is 0 Å². The van der Waals surface area contributed by atoms with E-state index in [4.69, 9.17) is 11.6 Å². The van der Waals surface area contributed by atoms with Gasteiger partial charge in [0.25, 0.3) is 0 Å². The molecule has 0 aromatic heterocycles. The maximum atomic E-state index is 12.2. The lowest BCUT2D eigenvalue weighted by Crippen LogP contribution is -2.34. The van der Waals surface area contributed by atoms with E-state index in [-0.39, 0.29) is 11.8 Å². The number of amides is 2. The number of anilines is 1. The number of imide groups is 1.